The van der Waals surface area contributed by atoms with Crippen LogP contribution in [0.3, 0.4) is 0 Å². The smallest absolute Gasteiger partial charge is 0.410 e. The van der Waals surface area contributed by atoms with E-state index in [1.54, 1.807) is 24.3 Å². The minimum absolute atomic E-state index is 0.00509. The van der Waals surface area contributed by atoms with Crippen molar-refractivity contribution in [2.45, 2.75) is 43.9 Å². The van der Waals surface area contributed by atoms with Crippen molar-refractivity contribution < 1.29 is 22.7 Å². The van der Waals surface area contributed by atoms with E-state index in [-0.39, 0.29) is 17.8 Å². The van der Waals surface area contributed by atoms with Gasteiger partial charge >= 0.3 is 6.18 Å². The predicted molar refractivity (Wildman–Crippen MR) is 120 cm³/mol. The molecular weight excluding hydrogens is 467 g/mol. The van der Waals surface area contributed by atoms with Gasteiger partial charge in [0, 0.05) is 11.3 Å². The number of aryl methyl sites for hydroxylation is 1. The summed E-state index contributed by atoms with van der Waals surface area (Å²) in [6.45, 7) is 0. The Morgan fingerprint density at radius 3 is 2.76 bits per heavy atom. The van der Waals surface area contributed by atoms with Crippen LogP contribution in [0.2, 0.25) is 0 Å². The number of methoxy groups -OCH3 is 1. The average molecular weight is 488 g/mol. The van der Waals surface area contributed by atoms with Crippen LogP contribution in [0, 0.1) is 11.3 Å². The monoisotopic (exact) mass is 487 g/mol. The highest BCUT2D eigenvalue weighted by atomic mass is 32.1. The van der Waals surface area contributed by atoms with Gasteiger partial charge in [-0.1, -0.05) is 12.1 Å². The number of carbonyl (C=O) groups is 1. The van der Waals surface area contributed by atoms with E-state index in [0.29, 0.717) is 21.9 Å². The Hall–Kier alpha value is -3.52. The van der Waals surface area contributed by atoms with Gasteiger partial charge in [-0.15, -0.1) is 11.3 Å². The molecule has 176 valence electrons. The molecule has 2 N–H and O–H groups in total. The zero-order valence-corrected chi connectivity index (χ0v) is 18.9. The molecule has 0 unspecified atom stereocenters. The first kappa shape index (κ1) is 22.3. The second-order valence-corrected chi connectivity index (χ2v) is 9.35. The normalized spacial score (nSPS) is 19.0. The Labute approximate surface area is 197 Å². The first-order valence-corrected chi connectivity index (χ1v) is 11.5. The third-order valence-electron chi connectivity index (χ3n) is 6.26. The lowest BCUT2D eigenvalue weighted by molar-refractivity contribution is -0.173. The average Bonchev–Trinajstić information content (AvgIpc) is 3.52. The van der Waals surface area contributed by atoms with Gasteiger partial charge in [-0.25, -0.2) is 4.68 Å². The molecule has 1 amide bonds. The SMILES string of the molecule is COc1ccc([C@H]2C[C@@H](C(F)(F)F)n3ncc(C(=O)Nc4sc5c(c4C#N)CCC5)c3N2)cc1. The molecular formula is C23H20F3N5O2S. The summed E-state index contributed by atoms with van der Waals surface area (Å²) in [5.74, 6) is -0.0239. The van der Waals surface area contributed by atoms with E-state index in [0.717, 1.165) is 40.6 Å². The molecule has 2 aliphatic rings. The Morgan fingerprint density at radius 1 is 1.32 bits per heavy atom. The van der Waals surface area contributed by atoms with Crippen molar-refractivity contribution in [2.24, 2.45) is 0 Å². The summed E-state index contributed by atoms with van der Waals surface area (Å²) < 4.78 is 47.8. The van der Waals surface area contributed by atoms with Gasteiger partial charge in [0.25, 0.3) is 5.91 Å². The van der Waals surface area contributed by atoms with Gasteiger partial charge in [0.15, 0.2) is 6.04 Å². The number of carbonyl (C=O) groups excluding carboxylic acids is 1. The van der Waals surface area contributed by atoms with Crippen LogP contribution in [-0.4, -0.2) is 29.0 Å². The maximum atomic E-state index is 13.9. The molecule has 1 aliphatic heterocycles. The first-order valence-electron chi connectivity index (χ1n) is 10.7. The molecule has 34 heavy (non-hydrogen) atoms. The van der Waals surface area contributed by atoms with Crippen LogP contribution in [0.25, 0.3) is 0 Å². The maximum Gasteiger partial charge on any atom is 0.410 e. The summed E-state index contributed by atoms with van der Waals surface area (Å²) in [7, 11) is 1.51. The van der Waals surface area contributed by atoms with Crippen molar-refractivity contribution in [3.63, 3.8) is 0 Å². The van der Waals surface area contributed by atoms with Crippen molar-refractivity contribution in [3.05, 3.63) is 57.6 Å². The van der Waals surface area contributed by atoms with Crippen LogP contribution in [0.4, 0.5) is 24.0 Å². The van der Waals surface area contributed by atoms with Crippen LogP contribution >= 0.6 is 11.3 Å². The fourth-order valence-corrected chi connectivity index (χ4v) is 5.80. The Morgan fingerprint density at radius 2 is 2.09 bits per heavy atom. The lowest BCUT2D eigenvalue weighted by Crippen LogP contribution is -2.36. The third kappa shape index (κ3) is 3.77. The molecule has 3 aromatic rings. The van der Waals surface area contributed by atoms with E-state index in [2.05, 4.69) is 21.8 Å². The molecule has 2 aromatic heterocycles. The third-order valence-corrected chi connectivity index (χ3v) is 7.47. The van der Waals surface area contributed by atoms with E-state index >= 15 is 0 Å². The number of alkyl halides is 3. The number of thiophene rings is 1. The van der Waals surface area contributed by atoms with E-state index in [1.807, 2.05) is 0 Å². The molecule has 0 saturated heterocycles. The van der Waals surface area contributed by atoms with Crippen LogP contribution < -0.4 is 15.4 Å². The second-order valence-electron chi connectivity index (χ2n) is 8.24. The van der Waals surface area contributed by atoms with Crippen molar-refractivity contribution in [1.82, 2.24) is 9.78 Å². The van der Waals surface area contributed by atoms with Crippen LogP contribution in [0.15, 0.2) is 30.5 Å². The number of aromatic nitrogens is 2. The number of halogens is 3. The number of rotatable bonds is 4. The minimum Gasteiger partial charge on any atom is -0.497 e. The van der Waals surface area contributed by atoms with Crippen molar-refractivity contribution in [1.29, 1.82) is 5.26 Å². The second kappa shape index (κ2) is 8.36. The summed E-state index contributed by atoms with van der Waals surface area (Å²) >= 11 is 1.35. The Kier molecular flexibility index (Phi) is 5.48. The lowest BCUT2D eigenvalue weighted by atomic mass is 9.96. The first-order chi connectivity index (χ1) is 16.3. The van der Waals surface area contributed by atoms with Gasteiger partial charge in [-0.2, -0.15) is 23.5 Å². The summed E-state index contributed by atoms with van der Waals surface area (Å²) in [6.07, 6.45) is -1.08. The number of ether oxygens (including phenoxy) is 1. The fraction of sp³-hybridized carbons (Fsp3) is 0.348. The van der Waals surface area contributed by atoms with Crippen molar-refractivity contribution in [3.8, 4) is 11.8 Å². The minimum atomic E-state index is -4.55. The molecule has 0 fully saturated rings. The molecule has 5 rings (SSSR count). The number of benzene rings is 1. The molecule has 3 heterocycles. The number of anilines is 2. The maximum absolute atomic E-state index is 13.9. The van der Waals surface area contributed by atoms with Gasteiger partial charge in [0.2, 0.25) is 0 Å². The summed E-state index contributed by atoms with van der Waals surface area (Å²) in [5, 5.41) is 19.7. The quantitative estimate of drug-likeness (QED) is 0.526. The lowest BCUT2D eigenvalue weighted by Gasteiger charge is -2.34. The van der Waals surface area contributed by atoms with E-state index in [9.17, 15) is 23.2 Å². The van der Waals surface area contributed by atoms with Crippen LogP contribution in [-0.2, 0) is 12.8 Å². The van der Waals surface area contributed by atoms with Gasteiger partial charge in [0.1, 0.15) is 28.2 Å². The van der Waals surface area contributed by atoms with E-state index < -0.39 is 24.2 Å². The molecule has 0 bridgehead atoms. The topological polar surface area (TPSA) is 92.0 Å². The molecule has 0 radical (unpaired) electrons. The number of hydrogen-bond acceptors (Lipinski definition) is 6. The van der Waals surface area contributed by atoms with Gasteiger partial charge in [-0.05, 0) is 42.5 Å². The number of fused-ring (bicyclic) bond motifs is 2. The van der Waals surface area contributed by atoms with Crippen molar-refractivity contribution >= 4 is 28.1 Å². The summed E-state index contributed by atoms with van der Waals surface area (Å²) in [6, 6.07) is 6.33. The number of hydrogen-bond donors (Lipinski definition) is 2. The number of nitrogens with one attached hydrogen (secondary N) is 2. The zero-order valence-electron chi connectivity index (χ0n) is 18.1. The standard InChI is InChI=1S/C23H20F3N5O2S/c1-33-13-7-5-12(6-8-13)17-9-19(23(24,25)26)31-20(29-17)16(11-28-31)21(32)30-22-15(10-27)14-3-2-4-18(14)34-22/h5-8,11,17,19,29H,2-4,9H2,1H3,(H,30,32)/t17-,19+/m1/s1. The summed E-state index contributed by atoms with van der Waals surface area (Å²) in [4.78, 5) is 14.2. The fourth-order valence-electron chi connectivity index (χ4n) is 4.56. The predicted octanol–water partition coefficient (Wildman–Crippen LogP) is 5.23. The van der Waals surface area contributed by atoms with Gasteiger partial charge in [0.05, 0.1) is 24.9 Å². The highest BCUT2D eigenvalue weighted by Crippen LogP contribution is 2.45. The number of nitriles is 1. The molecule has 0 saturated carbocycles. The van der Waals surface area contributed by atoms with E-state index in [4.69, 9.17) is 4.74 Å². The number of amides is 1. The highest BCUT2D eigenvalue weighted by Gasteiger charge is 2.47. The Bertz CT molecular complexity index is 1290. The van der Waals surface area contributed by atoms with Crippen molar-refractivity contribution in [2.75, 3.05) is 17.7 Å². The molecule has 1 aliphatic carbocycles. The molecule has 2 atom stereocenters. The molecule has 0 spiro atoms. The Balaban J connectivity index is 1.48. The highest BCUT2D eigenvalue weighted by molar-refractivity contribution is 7.16. The van der Waals surface area contributed by atoms with Gasteiger partial charge in [-0.3, -0.25) is 4.79 Å². The molecule has 11 heteroatoms. The van der Waals surface area contributed by atoms with E-state index in [1.165, 1.54) is 18.4 Å². The summed E-state index contributed by atoms with van der Waals surface area (Å²) in [5.41, 5.74) is 2.01. The zero-order chi connectivity index (χ0) is 24.0. The molecule has 7 nitrogen and oxygen atoms in total. The largest absolute Gasteiger partial charge is 0.497 e. The van der Waals surface area contributed by atoms with Crippen LogP contribution in [0.5, 0.6) is 5.75 Å². The van der Waals surface area contributed by atoms with Gasteiger partial charge < -0.3 is 15.4 Å². The number of nitrogens with zero attached hydrogens (tertiary/aromatic N) is 3. The molecule has 1 aromatic carbocycles. The van der Waals surface area contributed by atoms with Crippen LogP contribution in [0.1, 0.15) is 56.9 Å².